The van der Waals surface area contributed by atoms with E-state index in [1.165, 1.54) is 11.8 Å². The maximum atomic E-state index is 13.0. The largest absolute Gasteiger partial charge is 0.467 e. The number of hydrogen-bond donors (Lipinski definition) is 1. The molecule has 0 bridgehead atoms. The van der Waals surface area contributed by atoms with Gasteiger partial charge >= 0.3 is 0 Å². The van der Waals surface area contributed by atoms with Crippen LogP contribution in [-0.2, 0) is 11.3 Å². The predicted octanol–water partition coefficient (Wildman–Crippen LogP) is 5.35. The lowest BCUT2D eigenvalue weighted by Gasteiger charge is -2.18. The number of anilines is 1. The zero-order chi connectivity index (χ0) is 21.3. The molecule has 1 N–H and O–H groups in total. The summed E-state index contributed by atoms with van der Waals surface area (Å²) in [5.74, 6) is 2.61. The third-order valence-corrected chi connectivity index (χ3v) is 6.49. The third kappa shape index (κ3) is 4.46. The number of nitrogens with one attached hydrogen (secondary N) is 1. The maximum absolute atomic E-state index is 13.0. The van der Waals surface area contributed by atoms with Crippen molar-refractivity contribution in [3.05, 3.63) is 59.3 Å². The van der Waals surface area contributed by atoms with Gasteiger partial charge in [0, 0.05) is 11.6 Å². The van der Waals surface area contributed by atoms with Crippen LogP contribution in [0, 0.1) is 6.92 Å². The second kappa shape index (κ2) is 8.68. The van der Waals surface area contributed by atoms with Gasteiger partial charge in [0.1, 0.15) is 11.6 Å². The predicted molar refractivity (Wildman–Crippen MR) is 119 cm³/mol. The molecule has 0 aliphatic heterocycles. The lowest BCUT2D eigenvalue weighted by molar-refractivity contribution is -0.115. The first-order valence-electron chi connectivity index (χ1n) is 10.5. The second-order valence-corrected chi connectivity index (χ2v) is 9.53. The molecule has 1 saturated carbocycles. The Morgan fingerprint density at radius 1 is 1.23 bits per heavy atom. The molecular weight excluding hydrogens is 396 g/mol. The number of furan rings is 1. The molecule has 0 radical (unpaired) electrons. The van der Waals surface area contributed by atoms with Crippen LogP contribution in [0.5, 0.6) is 0 Å². The number of nitrogens with zero attached hydrogens (tertiary/aromatic N) is 3. The minimum absolute atomic E-state index is 0.0308. The highest BCUT2D eigenvalue weighted by Crippen LogP contribution is 2.40. The van der Waals surface area contributed by atoms with Crippen molar-refractivity contribution in [2.45, 2.75) is 69.3 Å². The van der Waals surface area contributed by atoms with E-state index in [9.17, 15) is 4.79 Å². The van der Waals surface area contributed by atoms with Crippen LogP contribution in [0.1, 0.15) is 68.2 Å². The monoisotopic (exact) mass is 424 g/mol. The summed E-state index contributed by atoms with van der Waals surface area (Å²) in [5.41, 5.74) is 3.14. The minimum Gasteiger partial charge on any atom is -0.467 e. The van der Waals surface area contributed by atoms with E-state index in [1.54, 1.807) is 6.26 Å². The summed E-state index contributed by atoms with van der Waals surface area (Å²) < 4.78 is 7.63. The first-order valence-corrected chi connectivity index (χ1v) is 11.3. The molecule has 4 rings (SSSR count). The molecule has 2 heterocycles. The molecule has 1 atom stereocenters. The van der Waals surface area contributed by atoms with E-state index < -0.39 is 0 Å². The van der Waals surface area contributed by atoms with Gasteiger partial charge < -0.3 is 9.73 Å². The van der Waals surface area contributed by atoms with Crippen molar-refractivity contribution in [2.24, 2.45) is 0 Å². The minimum atomic E-state index is -0.309. The molecule has 7 heteroatoms. The van der Waals surface area contributed by atoms with Crippen LogP contribution in [0.3, 0.4) is 0 Å². The van der Waals surface area contributed by atoms with Crippen LogP contribution in [0.2, 0.25) is 0 Å². The van der Waals surface area contributed by atoms with Crippen LogP contribution in [0.15, 0.2) is 46.2 Å². The van der Waals surface area contributed by atoms with Gasteiger partial charge in [-0.1, -0.05) is 43.8 Å². The van der Waals surface area contributed by atoms with Gasteiger partial charge in [-0.3, -0.25) is 9.36 Å². The quantitative estimate of drug-likeness (QED) is 0.494. The van der Waals surface area contributed by atoms with E-state index in [0.717, 1.165) is 46.4 Å². The topological polar surface area (TPSA) is 73.0 Å². The molecule has 1 amide bonds. The number of aromatic nitrogens is 3. The Balaban J connectivity index is 1.52. The lowest BCUT2D eigenvalue weighted by atomic mass is 9.98. The number of carbonyl (C=O) groups excluding carboxylic acids is 1. The number of para-hydroxylation sites is 1. The molecular formula is C23H28N4O2S. The number of thioether (sulfide) groups is 1. The first kappa shape index (κ1) is 20.7. The molecule has 3 aromatic rings. The summed E-state index contributed by atoms with van der Waals surface area (Å²) in [5, 5.41) is 12.4. The van der Waals surface area contributed by atoms with Crippen molar-refractivity contribution in [3.63, 3.8) is 0 Å². The molecule has 1 aliphatic carbocycles. The van der Waals surface area contributed by atoms with Gasteiger partial charge in [0.15, 0.2) is 5.16 Å². The van der Waals surface area contributed by atoms with Crippen LogP contribution >= 0.6 is 11.8 Å². The number of hydrogen-bond acceptors (Lipinski definition) is 5. The summed E-state index contributed by atoms with van der Waals surface area (Å²) in [4.78, 5) is 13.0. The van der Waals surface area contributed by atoms with E-state index in [4.69, 9.17) is 4.42 Å². The van der Waals surface area contributed by atoms with Gasteiger partial charge in [0.25, 0.3) is 0 Å². The first-order chi connectivity index (χ1) is 14.4. The highest BCUT2D eigenvalue weighted by atomic mass is 32.2. The molecule has 2 aromatic heterocycles. The Kier molecular flexibility index (Phi) is 5.99. The average Bonchev–Trinajstić information content (AvgIpc) is 3.28. The Labute approximate surface area is 181 Å². The summed E-state index contributed by atoms with van der Waals surface area (Å²) in [6.07, 6.45) is 3.96. The zero-order valence-electron chi connectivity index (χ0n) is 17.9. The highest BCUT2D eigenvalue weighted by Gasteiger charge is 2.31. The normalized spacial score (nSPS) is 14.8. The fraction of sp³-hybridized carbons (Fsp3) is 0.435. The maximum Gasteiger partial charge on any atom is 0.237 e. The smallest absolute Gasteiger partial charge is 0.237 e. The molecule has 1 aromatic carbocycles. The van der Waals surface area contributed by atoms with Gasteiger partial charge in [-0.15, -0.1) is 10.2 Å². The zero-order valence-corrected chi connectivity index (χ0v) is 18.7. The number of benzene rings is 1. The number of rotatable bonds is 8. The van der Waals surface area contributed by atoms with Crippen molar-refractivity contribution in [1.29, 1.82) is 0 Å². The van der Waals surface area contributed by atoms with E-state index >= 15 is 0 Å². The summed E-state index contributed by atoms with van der Waals surface area (Å²) in [6.45, 7) is 8.80. The Bertz CT molecular complexity index is 1020. The average molecular weight is 425 g/mol. The molecule has 158 valence electrons. The SMILES string of the molecule is Cc1cccc(C(C)C)c1NC(=O)C(C)Sc1nnc(C2CC2)n1Cc1ccco1. The fourth-order valence-electron chi connectivity index (χ4n) is 3.52. The molecule has 6 nitrogen and oxygen atoms in total. The van der Waals surface area contributed by atoms with Crippen molar-refractivity contribution >= 4 is 23.4 Å². The van der Waals surface area contributed by atoms with Crippen LogP contribution in [0.4, 0.5) is 5.69 Å². The lowest BCUT2D eigenvalue weighted by Crippen LogP contribution is -2.24. The standard InChI is InChI=1S/C23H28N4O2S/c1-14(2)19-9-5-7-15(3)20(19)24-22(28)16(4)30-23-26-25-21(17-10-11-17)27(23)13-18-8-6-12-29-18/h5-9,12,14,16-17H,10-11,13H2,1-4H3,(H,24,28). The van der Waals surface area contributed by atoms with Gasteiger partial charge in [0.2, 0.25) is 5.91 Å². The van der Waals surface area contributed by atoms with E-state index in [-0.39, 0.29) is 11.2 Å². The molecule has 0 spiro atoms. The molecule has 1 fully saturated rings. The number of aryl methyl sites for hydroxylation is 1. The molecule has 0 saturated heterocycles. The summed E-state index contributed by atoms with van der Waals surface area (Å²) in [7, 11) is 0. The van der Waals surface area contributed by atoms with Crippen LogP contribution in [0.25, 0.3) is 0 Å². The van der Waals surface area contributed by atoms with Crippen molar-refractivity contribution < 1.29 is 9.21 Å². The van der Waals surface area contributed by atoms with E-state index in [0.29, 0.717) is 18.4 Å². The van der Waals surface area contributed by atoms with E-state index in [2.05, 4.69) is 40.0 Å². The van der Waals surface area contributed by atoms with Crippen LogP contribution < -0.4 is 5.32 Å². The van der Waals surface area contributed by atoms with Gasteiger partial charge in [0.05, 0.1) is 18.1 Å². The third-order valence-electron chi connectivity index (χ3n) is 5.41. The summed E-state index contributed by atoms with van der Waals surface area (Å²) in [6, 6.07) is 9.98. The fourth-order valence-corrected chi connectivity index (χ4v) is 4.37. The molecule has 1 unspecified atom stereocenters. The highest BCUT2D eigenvalue weighted by molar-refractivity contribution is 8.00. The van der Waals surface area contributed by atoms with Crippen LogP contribution in [-0.4, -0.2) is 25.9 Å². The van der Waals surface area contributed by atoms with Gasteiger partial charge in [-0.05, 0) is 55.9 Å². The summed E-state index contributed by atoms with van der Waals surface area (Å²) >= 11 is 1.44. The number of amides is 1. The Morgan fingerprint density at radius 3 is 2.70 bits per heavy atom. The molecule has 1 aliphatic rings. The number of carbonyl (C=O) groups is 1. The van der Waals surface area contributed by atoms with Gasteiger partial charge in [-0.2, -0.15) is 0 Å². The molecule has 30 heavy (non-hydrogen) atoms. The Morgan fingerprint density at radius 2 is 2.03 bits per heavy atom. The van der Waals surface area contributed by atoms with Crippen molar-refractivity contribution in [2.75, 3.05) is 5.32 Å². The van der Waals surface area contributed by atoms with Gasteiger partial charge in [-0.25, -0.2) is 0 Å². The second-order valence-electron chi connectivity index (χ2n) is 8.22. The van der Waals surface area contributed by atoms with Crippen molar-refractivity contribution in [3.8, 4) is 0 Å². The van der Waals surface area contributed by atoms with E-state index in [1.807, 2.05) is 38.1 Å². The van der Waals surface area contributed by atoms with Crippen molar-refractivity contribution in [1.82, 2.24) is 14.8 Å². The Hall–Kier alpha value is -2.54.